The van der Waals surface area contributed by atoms with Gasteiger partial charge in [-0.2, -0.15) is 0 Å². The number of carbonyl (C=O) groups is 2. The highest BCUT2D eigenvalue weighted by atomic mass is 16.5. The van der Waals surface area contributed by atoms with E-state index in [1.165, 1.54) is 32.6 Å². The van der Waals surface area contributed by atoms with Gasteiger partial charge in [0.2, 0.25) is 6.41 Å². The molecule has 1 atom stereocenters. The fourth-order valence-corrected chi connectivity index (χ4v) is 2.29. The molecule has 4 nitrogen and oxygen atoms in total. The third-order valence-corrected chi connectivity index (χ3v) is 3.20. The van der Waals surface area contributed by atoms with Gasteiger partial charge in [-0.3, -0.25) is 14.8 Å². The van der Waals surface area contributed by atoms with Crippen molar-refractivity contribution in [3.63, 3.8) is 0 Å². The molecule has 0 unspecified atom stereocenters. The van der Waals surface area contributed by atoms with Crippen LogP contribution in [0.5, 0.6) is 0 Å². The molecule has 4 heteroatoms. The van der Waals surface area contributed by atoms with Gasteiger partial charge in [-0.25, -0.2) is 5.06 Å². The zero-order valence-corrected chi connectivity index (χ0v) is 9.19. The normalized spacial score (nSPS) is 18.8. The van der Waals surface area contributed by atoms with E-state index in [-0.39, 0.29) is 18.2 Å². The Hall–Kier alpha value is -0.900. The molecule has 1 amide bonds. The molecule has 0 aromatic rings. The van der Waals surface area contributed by atoms with Crippen LogP contribution in [0.15, 0.2) is 0 Å². The predicted octanol–water partition coefficient (Wildman–Crippen LogP) is 1.62. The van der Waals surface area contributed by atoms with Gasteiger partial charge < -0.3 is 0 Å². The average Bonchev–Trinajstić information content (AvgIpc) is 2.69. The zero-order valence-electron chi connectivity index (χ0n) is 9.19. The van der Waals surface area contributed by atoms with E-state index < -0.39 is 0 Å². The maximum atomic E-state index is 11.3. The van der Waals surface area contributed by atoms with Gasteiger partial charge >= 0.3 is 0 Å². The fraction of sp³-hybridized carbons (Fsp3) is 0.818. The molecule has 0 heterocycles. The standard InChI is InChI=1S/C11H19NO3/c1-9(14)11(7-12(15)8-13)6-10-4-2-3-5-10/h8,10-11,15H,2-7H2,1H3/t11-/m1/s1. The van der Waals surface area contributed by atoms with Gasteiger partial charge in [0.1, 0.15) is 5.78 Å². The van der Waals surface area contributed by atoms with Crippen LogP contribution in [0.2, 0.25) is 0 Å². The first-order chi connectivity index (χ1) is 7.13. The van der Waals surface area contributed by atoms with E-state index in [1.54, 1.807) is 0 Å². The van der Waals surface area contributed by atoms with E-state index in [1.807, 2.05) is 0 Å². The van der Waals surface area contributed by atoms with E-state index in [0.717, 1.165) is 6.42 Å². The number of Topliss-reactive ketones (excluding diaryl/α,β-unsaturated/α-hetero) is 1. The number of amides is 1. The molecule has 1 fully saturated rings. The van der Waals surface area contributed by atoms with E-state index in [4.69, 9.17) is 5.21 Å². The Morgan fingerprint density at radius 2 is 2.13 bits per heavy atom. The summed E-state index contributed by atoms with van der Waals surface area (Å²) in [7, 11) is 0. The van der Waals surface area contributed by atoms with Crippen molar-refractivity contribution in [2.24, 2.45) is 11.8 Å². The Balaban J connectivity index is 2.42. The molecule has 0 aliphatic heterocycles. The Morgan fingerprint density at radius 3 is 2.60 bits per heavy atom. The molecule has 0 saturated heterocycles. The van der Waals surface area contributed by atoms with Gasteiger partial charge in [0.05, 0.1) is 6.54 Å². The molecule has 1 N–H and O–H groups in total. The fourth-order valence-electron chi connectivity index (χ4n) is 2.29. The van der Waals surface area contributed by atoms with Crippen molar-refractivity contribution in [2.75, 3.05) is 6.54 Å². The highest BCUT2D eigenvalue weighted by Gasteiger charge is 2.24. The number of hydrogen-bond acceptors (Lipinski definition) is 3. The zero-order chi connectivity index (χ0) is 11.3. The van der Waals surface area contributed by atoms with E-state index in [9.17, 15) is 9.59 Å². The summed E-state index contributed by atoms with van der Waals surface area (Å²) in [5, 5.41) is 9.63. The summed E-state index contributed by atoms with van der Waals surface area (Å²) < 4.78 is 0. The highest BCUT2D eigenvalue weighted by molar-refractivity contribution is 5.78. The second-order valence-electron chi connectivity index (χ2n) is 4.42. The van der Waals surface area contributed by atoms with Crippen LogP contribution < -0.4 is 0 Å². The summed E-state index contributed by atoms with van der Waals surface area (Å²) in [4.78, 5) is 21.6. The van der Waals surface area contributed by atoms with Gasteiger partial charge in [0.25, 0.3) is 0 Å². The summed E-state index contributed by atoms with van der Waals surface area (Å²) in [6, 6.07) is 0. The molecule has 0 spiro atoms. The second-order valence-corrected chi connectivity index (χ2v) is 4.42. The molecular weight excluding hydrogens is 194 g/mol. The highest BCUT2D eigenvalue weighted by Crippen LogP contribution is 2.30. The van der Waals surface area contributed by atoms with Crippen molar-refractivity contribution < 1.29 is 14.8 Å². The molecule has 15 heavy (non-hydrogen) atoms. The van der Waals surface area contributed by atoms with Crippen LogP contribution in [0.3, 0.4) is 0 Å². The molecule has 1 rings (SSSR count). The van der Waals surface area contributed by atoms with Crippen LogP contribution in [0.1, 0.15) is 39.0 Å². The van der Waals surface area contributed by atoms with Crippen molar-refractivity contribution in [3.8, 4) is 0 Å². The van der Waals surface area contributed by atoms with Crippen LogP contribution in [0.25, 0.3) is 0 Å². The summed E-state index contributed by atoms with van der Waals surface area (Å²) in [6.45, 7) is 1.66. The third kappa shape index (κ3) is 4.00. The molecule has 1 saturated carbocycles. The van der Waals surface area contributed by atoms with Gasteiger partial charge in [0.15, 0.2) is 0 Å². The SMILES string of the molecule is CC(=O)[C@H](CC1CCCC1)CN(O)C=O. The number of carbonyl (C=O) groups excluding carboxylic acids is 2. The lowest BCUT2D eigenvalue weighted by Crippen LogP contribution is -2.30. The average molecular weight is 213 g/mol. The van der Waals surface area contributed by atoms with Gasteiger partial charge in [-0.15, -0.1) is 0 Å². The maximum absolute atomic E-state index is 11.3. The second kappa shape index (κ2) is 5.85. The van der Waals surface area contributed by atoms with Crippen LogP contribution >= 0.6 is 0 Å². The molecule has 0 radical (unpaired) electrons. The third-order valence-electron chi connectivity index (χ3n) is 3.20. The van der Waals surface area contributed by atoms with E-state index >= 15 is 0 Å². The smallest absolute Gasteiger partial charge is 0.233 e. The lowest BCUT2D eigenvalue weighted by Gasteiger charge is -2.20. The molecule has 86 valence electrons. The lowest BCUT2D eigenvalue weighted by molar-refractivity contribution is -0.154. The minimum atomic E-state index is -0.205. The molecular formula is C11H19NO3. The Labute approximate surface area is 90.2 Å². The number of rotatable bonds is 6. The van der Waals surface area contributed by atoms with Gasteiger partial charge in [0, 0.05) is 5.92 Å². The largest absolute Gasteiger partial charge is 0.300 e. The van der Waals surface area contributed by atoms with Crippen molar-refractivity contribution in [2.45, 2.75) is 39.0 Å². The van der Waals surface area contributed by atoms with Crippen LogP contribution in [-0.2, 0) is 9.59 Å². The van der Waals surface area contributed by atoms with E-state index in [2.05, 4.69) is 0 Å². The number of hydroxylamine groups is 2. The maximum Gasteiger partial charge on any atom is 0.233 e. The molecule has 1 aliphatic carbocycles. The summed E-state index contributed by atoms with van der Waals surface area (Å²) in [5.41, 5.74) is 0. The number of nitrogens with zero attached hydrogens (tertiary/aromatic N) is 1. The minimum Gasteiger partial charge on any atom is -0.300 e. The van der Waals surface area contributed by atoms with Crippen molar-refractivity contribution in [1.29, 1.82) is 0 Å². The summed E-state index contributed by atoms with van der Waals surface area (Å²) in [6.07, 6.45) is 6.00. The predicted molar refractivity (Wildman–Crippen MR) is 55.3 cm³/mol. The van der Waals surface area contributed by atoms with Crippen molar-refractivity contribution >= 4 is 12.2 Å². The summed E-state index contributed by atoms with van der Waals surface area (Å²) in [5.74, 6) is 0.449. The first-order valence-electron chi connectivity index (χ1n) is 5.54. The first kappa shape index (κ1) is 12.2. The van der Waals surface area contributed by atoms with Crippen LogP contribution in [-0.4, -0.2) is 29.0 Å². The summed E-state index contributed by atoms with van der Waals surface area (Å²) >= 11 is 0. The Bertz CT molecular complexity index is 224. The minimum absolute atomic E-state index is 0.0581. The Kier molecular flexibility index (Phi) is 4.75. The van der Waals surface area contributed by atoms with Gasteiger partial charge in [-0.05, 0) is 19.3 Å². The van der Waals surface area contributed by atoms with Crippen molar-refractivity contribution in [1.82, 2.24) is 5.06 Å². The van der Waals surface area contributed by atoms with Gasteiger partial charge in [-0.1, -0.05) is 25.7 Å². The van der Waals surface area contributed by atoms with Crippen LogP contribution in [0.4, 0.5) is 0 Å². The molecule has 0 aromatic carbocycles. The topological polar surface area (TPSA) is 57.6 Å². The molecule has 0 bridgehead atoms. The number of hydrogen-bond donors (Lipinski definition) is 1. The molecule has 1 aliphatic rings. The molecule has 0 aromatic heterocycles. The van der Waals surface area contributed by atoms with Crippen molar-refractivity contribution in [3.05, 3.63) is 0 Å². The lowest BCUT2D eigenvalue weighted by atomic mass is 9.90. The monoisotopic (exact) mass is 213 g/mol. The quantitative estimate of drug-likeness (QED) is 0.414. The Morgan fingerprint density at radius 1 is 1.53 bits per heavy atom. The van der Waals surface area contributed by atoms with Crippen LogP contribution in [0, 0.1) is 11.8 Å². The van der Waals surface area contributed by atoms with E-state index in [0.29, 0.717) is 17.4 Å². The number of ketones is 1. The first-order valence-corrected chi connectivity index (χ1v) is 5.54.